The van der Waals surface area contributed by atoms with E-state index in [2.05, 4.69) is 10.3 Å². The maximum absolute atomic E-state index is 12.2. The molecule has 0 radical (unpaired) electrons. The summed E-state index contributed by atoms with van der Waals surface area (Å²) >= 11 is 0. The largest absolute Gasteiger partial charge is 0.383 e. The molecule has 0 saturated carbocycles. The third kappa shape index (κ3) is 0.989. The van der Waals surface area contributed by atoms with E-state index >= 15 is 0 Å². The van der Waals surface area contributed by atoms with Crippen molar-refractivity contribution < 1.29 is 14.7 Å². The highest BCUT2D eigenvalue weighted by molar-refractivity contribution is 6.29. The van der Waals surface area contributed by atoms with Crippen molar-refractivity contribution in [1.82, 2.24) is 5.32 Å². The van der Waals surface area contributed by atoms with E-state index in [9.17, 15) is 14.7 Å². The summed E-state index contributed by atoms with van der Waals surface area (Å²) in [6.07, 6.45) is 0. The van der Waals surface area contributed by atoms with Crippen molar-refractivity contribution in [2.45, 2.75) is 26.5 Å². The highest BCUT2D eigenvalue weighted by Gasteiger charge is 2.74. The van der Waals surface area contributed by atoms with E-state index in [0.29, 0.717) is 0 Å². The average Bonchev–Trinajstić information content (AvgIpc) is 2.54. The molecule has 1 spiro atoms. The number of nitrogens with zero attached hydrogens (tertiary/aromatic N) is 1. The molecule has 2 aliphatic rings. The Labute approximate surface area is 103 Å². The molecule has 7 nitrogen and oxygen atoms in total. The van der Waals surface area contributed by atoms with Crippen molar-refractivity contribution in [1.29, 1.82) is 5.41 Å². The van der Waals surface area contributed by atoms with Crippen LogP contribution in [-0.2, 0) is 9.59 Å². The monoisotopic (exact) mass is 250 g/mol. The fraction of sp³-hybridized carbons (Fsp3) is 0.545. The molecule has 7 heteroatoms. The van der Waals surface area contributed by atoms with Crippen molar-refractivity contribution in [2.75, 3.05) is 0 Å². The lowest BCUT2D eigenvalue weighted by molar-refractivity contribution is -0.141. The van der Waals surface area contributed by atoms with Crippen LogP contribution in [-0.4, -0.2) is 34.4 Å². The lowest BCUT2D eigenvalue weighted by Crippen LogP contribution is -2.52. The second-order valence-corrected chi connectivity index (χ2v) is 5.20. The van der Waals surface area contributed by atoms with Crippen LogP contribution in [0.25, 0.3) is 0 Å². The zero-order valence-electron chi connectivity index (χ0n) is 10.3. The van der Waals surface area contributed by atoms with Gasteiger partial charge in [0.25, 0.3) is 5.91 Å². The van der Waals surface area contributed by atoms with Crippen LogP contribution in [0.3, 0.4) is 0 Å². The van der Waals surface area contributed by atoms with Gasteiger partial charge < -0.3 is 16.2 Å². The molecule has 96 valence electrons. The minimum atomic E-state index is -1.78. The van der Waals surface area contributed by atoms with Gasteiger partial charge in [0.05, 0.1) is 5.57 Å². The maximum atomic E-state index is 12.2. The number of nitrogens with one attached hydrogen (secondary N) is 2. The fourth-order valence-electron chi connectivity index (χ4n) is 2.62. The van der Waals surface area contributed by atoms with Crippen LogP contribution in [0.1, 0.15) is 20.8 Å². The standard InChI is InChI=1S/C11H14N4O3/c1-9(2)10(3,18)15-8(17)11(9)5(4-12)6(13)14-7(11)16/h12,18H,1-3H3,(H,15,17)(H2,13,14,16). The van der Waals surface area contributed by atoms with Gasteiger partial charge >= 0.3 is 0 Å². The molecule has 1 saturated heterocycles. The Kier molecular flexibility index (Phi) is 2.13. The number of aliphatic imine (C=N–C) groups is 1. The first-order valence-corrected chi connectivity index (χ1v) is 5.37. The molecule has 2 aliphatic heterocycles. The van der Waals surface area contributed by atoms with E-state index in [1.54, 1.807) is 13.8 Å². The lowest BCUT2D eigenvalue weighted by Gasteiger charge is -2.39. The molecule has 0 bridgehead atoms. The van der Waals surface area contributed by atoms with E-state index in [0.717, 1.165) is 0 Å². The number of hydrogen-bond donors (Lipinski definition) is 4. The van der Waals surface area contributed by atoms with Crippen LogP contribution in [0.2, 0.25) is 0 Å². The molecule has 2 amide bonds. The van der Waals surface area contributed by atoms with Crippen molar-refractivity contribution in [3.8, 4) is 0 Å². The quantitative estimate of drug-likeness (QED) is 0.321. The molecule has 2 unspecified atom stereocenters. The number of rotatable bonds is 0. The third-order valence-electron chi connectivity index (χ3n) is 4.15. The predicted molar refractivity (Wildman–Crippen MR) is 62.8 cm³/mol. The van der Waals surface area contributed by atoms with Gasteiger partial charge in [0, 0.05) is 5.41 Å². The van der Waals surface area contributed by atoms with Gasteiger partial charge in [0.2, 0.25) is 5.91 Å². The number of nitrogens with two attached hydrogens (primary N) is 1. The summed E-state index contributed by atoms with van der Waals surface area (Å²) < 4.78 is 0. The molecule has 18 heavy (non-hydrogen) atoms. The van der Waals surface area contributed by atoms with Crippen LogP contribution in [0, 0.1) is 16.2 Å². The Balaban J connectivity index is 2.81. The van der Waals surface area contributed by atoms with Gasteiger partial charge in [-0.2, -0.15) is 4.99 Å². The first kappa shape index (κ1) is 12.5. The van der Waals surface area contributed by atoms with Crippen LogP contribution in [0.15, 0.2) is 10.6 Å². The average molecular weight is 250 g/mol. The zero-order chi connectivity index (χ0) is 13.9. The van der Waals surface area contributed by atoms with Crippen molar-refractivity contribution in [2.24, 2.45) is 21.6 Å². The number of amidine groups is 1. The summed E-state index contributed by atoms with van der Waals surface area (Å²) in [4.78, 5) is 27.9. The third-order valence-corrected chi connectivity index (χ3v) is 4.15. The van der Waals surface area contributed by atoms with Gasteiger partial charge in [0.1, 0.15) is 11.6 Å². The maximum Gasteiger partial charge on any atom is 0.269 e. The Morgan fingerprint density at radius 1 is 1.39 bits per heavy atom. The van der Waals surface area contributed by atoms with Crippen LogP contribution in [0.4, 0.5) is 0 Å². The van der Waals surface area contributed by atoms with Crippen molar-refractivity contribution in [3.63, 3.8) is 0 Å². The molecule has 2 heterocycles. The van der Waals surface area contributed by atoms with Gasteiger partial charge in [-0.05, 0) is 12.8 Å². The number of amides is 2. The molecule has 5 N–H and O–H groups in total. The Hall–Kier alpha value is -1.98. The molecule has 0 aromatic carbocycles. The first-order valence-electron chi connectivity index (χ1n) is 5.37. The van der Waals surface area contributed by atoms with Gasteiger partial charge in [-0.1, -0.05) is 13.8 Å². The highest BCUT2D eigenvalue weighted by Crippen LogP contribution is 2.57. The normalized spacial score (nSPS) is 37.8. The van der Waals surface area contributed by atoms with E-state index in [1.807, 2.05) is 5.87 Å². The molecule has 1 fully saturated rings. The van der Waals surface area contributed by atoms with Crippen LogP contribution < -0.4 is 11.1 Å². The van der Waals surface area contributed by atoms with E-state index in [-0.39, 0.29) is 11.4 Å². The van der Waals surface area contributed by atoms with Crippen LogP contribution >= 0.6 is 0 Å². The minimum Gasteiger partial charge on any atom is -0.383 e. The van der Waals surface area contributed by atoms with E-state index in [4.69, 9.17) is 11.1 Å². The summed E-state index contributed by atoms with van der Waals surface area (Å²) in [5.74, 6) is 0.345. The fourth-order valence-corrected chi connectivity index (χ4v) is 2.62. The Morgan fingerprint density at radius 2 is 1.94 bits per heavy atom. The molecular weight excluding hydrogens is 236 g/mol. The first-order chi connectivity index (χ1) is 8.13. The SMILES string of the molecule is CC1(O)NC(=O)C2(C(=O)N=C(N)C2=C=N)C1(C)C. The van der Waals surface area contributed by atoms with Crippen molar-refractivity contribution >= 4 is 23.5 Å². The summed E-state index contributed by atoms with van der Waals surface area (Å²) in [5.41, 5.74) is 0.874. The second-order valence-electron chi connectivity index (χ2n) is 5.20. The molecular formula is C11H14N4O3. The molecule has 0 aromatic rings. The summed E-state index contributed by atoms with van der Waals surface area (Å²) in [7, 11) is 0. The summed E-state index contributed by atoms with van der Waals surface area (Å²) in [6, 6.07) is 0. The van der Waals surface area contributed by atoms with Crippen LogP contribution in [0.5, 0.6) is 0 Å². The molecule has 0 aliphatic carbocycles. The smallest absolute Gasteiger partial charge is 0.269 e. The summed E-state index contributed by atoms with van der Waals surface area (Å²) in [6.45, 7) is 4.49. The molecule has 2 atom stereocenters. The number of carbonyl (C=O) groups excluding carboxylic acids is 2. The number of hydrogen-bond acceptors (Lipinski definition) is 5. The van der Waals surface area contributed by atoms with E-state index < -0.39 is 28.4 Å². The van der Waals surface area contributed by atoms with E-state index in [1.165, 1.54) is 6.92 Å². The Morgan fingerprint density at radius 3 is 2.33 bits per heavy atom. The van der Waals surface area contributed by atoms with Gasteiger partial charge in [0.15, 0.2) is 5.41 Å². The van der Waals surface area contributed by atoms with Gasteiger partial charge in [-0.3, -0.25) is 15.0 Å². The number of carbonyl (C=O) groups is 2. The topological polar surface area (TPSA) is 129 Å². The Bertz CT molecular complexity index is 555. The molecule has 0 aromatic heterocycles. The number of aliphatic hydroxyl groups is 1. The summed E-state index contributed by atoms with van der Waals surface area (Å²) in [5, 5.41) is 19.9. The minimum absolute atomic E-state index is 0.0900. The highest BCUT2D eigenvalue weighted by atomic mass is 16.3. The lowest BCUT2D eigenvalue weighted by atomic mass is 9.60. The van der Waals surface area contributed by atoms with Gasteiger partial charge in [-0.25, -0.2) is 0 Å². The second kappa shape index (κ2) is 3.07. The predicted octanol–water partition coefficient (Wildman–Crippen LogP) is -1.09. The van der Waals surface area contributed by atoms with Gasteiger partial charge in [-0.15, -0.1) is 0 Å². The van der Waals surface area contributed by atoms with Crippen molar-refractivity contribution in [3.05, 3.63) is 5.57 Å². The molecule has 2 rings (SSSR count). The zero-order valence-corrected chi connectivity index (χ0v) is 10.3.